The molecule has 4 rings (SSSR count). The number of hydrogen-bond acceptors (Lipinski definition) is 5. The van der Waals surface area contributed by atoms with Crippen LogP contribution >= 0.6 is 34.0 Å². The number of fused-ring (bicyclic) bond motifs is 2. The summed E-state index contributed by atoms with van der Waals surface area (Å²) < 4.78 is 3.84. The molecule has 0 radical (unpaired) electrons. The van der Waals surface area contributed by atoms with E-state index in [0.717, 1.165) is 20.9 Å². The van der Waals surface area contributed by atoms with Crippen LogP contribution in [0, 0.1) is 0 Å². The quantitative estimate of drug-likeness (QED) is 0.510. The lowest BCUT2D eigenvalue weighted by Crippen LogP contribution is -1.81. The number of nitrogen functional groups attached to an aromatic ring is 1. The maximum absolute atomic E-state index is 5.80. The Kier molecular flexibility index (Phi) is 2.20. The average molecular weight is 288 g/mol. The van der Waals surface area contributed by atoms with E-state index in [9.17, 15) is 0 Å². The summed E-state index contributed by atoms with van der Waals surface area (Å²) in [4.78, 5) is 5.92. The molecular formula is C13H8N2S3. The molecule has 0 atom stereocenters. The number of hydrogen-bond donors (Lipinski definition) is 1. The summed E-state index contributed by atoms with van der Waals surface area (Å²) in [6, 6.07) is 10.3. The van der Waals surface area contributed by atoms with E-state index >= 15 is 0 Å². The summed E-state index contributed by atoms with van der Waals surface area (Å²) in [7, 11) is 0. The van der Waals surface area contributed by atoms with Crippen LogP contribution in [0.1, 0.15) is 0 Å². The predicted molar refractivity (Wildman–Crippen MR) is 82.7 cm³/mol. The van der Waals surface area contributed by atoms with Gasteiger partial charge in [0.15, 0.2) is 0 Å². The van der Waals surface area contributed by atoms with Crippen LogP contribution in [0.4, 0.5) is 5.69 Å². The molecule has 5 heteroatoms. The normalized spacial score (nSPS) is 11.6. The minimum absolute atomic E-state index is 0.796. The lowest BCUT2D eigenvalue weighted by atomic mass is 10.3. The molecule has 0 unspecified atom stereocenters. The van der Waals surface area contributed by atoms with Crippen LogP contribution in [0.5, 0.6) is 0 Å². The maximum Gasteiger partial charge on any atom is 0.134 e. The van der Waals surface area contributed by atoms with Crippen molar-refractivity contribution < 1.29 is 0 Å². The lowest BCUT2D eigenvalue weighted by molar-refractivity contribution is 1.50. The fourth-order valence-corrected chi connectivity index (χ4v) is 5.09. The van der Waals surface area contributed by atoms with Crippen molar-refractivity contribution in [1.29, 1.82) is 0 Å². The van der Waals surface area contributed by atoms with Gasteiger partial charge in [-0.2, -0.15) is 0 Å². The van der Waals surface area contributed by atoms with Crippen molar-refractivity contribution in [3.8, 4) is 9.88 Å². The first-order valence-corrected chi connectivity index (χ1v) is 7.94. The van der Waals surface area contributed by atoms with Crippen LogP contribution in [0.25, 0.3) is 29.5 Å². The molecule has 0 saturated heterocycles. The smallest absolute Gasteiger partial charge is 0.134 e. The van der Waals surface area contributed by atoms with E-state index in [1.807, 2.05) is 18.2 Å². The number of thiophene rings is 2. The molecule has 0 aliphatic heterocycles. The van der Waals surface area contributed by atoms with E-state index in [1.54, 1.807) is 34.0 Å². The van der Waals surface area contributed by atoms with Crippen LogP contribution in [0.2, 0.25) is 0 Å². The molecule has 0 spiro atoms. The highest BCUT2D eigenvalue weighted by molar-refractivity contribution is 7.31. The number of aromatic nitrogens is 1. The molecule has 0 amide bonds. The summed E-state index contributed by atoms with van der Waals surface area (Å²) in [5.41, 5.74) is 7.62. The average Bonchev–Trinajstić information content (AvgIpc) is 2.99. The number of anilines is 1. The highest BCUT2D eigenvalue weighted by Gasteiger charge is 2.10. The Balaban J connectivity index is 1.93. The molecule has 0 saturated carbocycles. The molecular weight excluding hydrogens is 280 g/mol. The lowest BCUT2D eigenvalue weighted by Gasteiger charge is -1.89. The number of nitrogens with zero attached hydrogens (tertiary/aromatic N) is 1. The van der Waals surface area contributed by atoms with Gasteiger partial charge >= 0.3 is 0 Å². The van der Waals surface area contributed by atoms with E-state index in [4.69, 9.17) is 5.73 Å². The third kappa shape index (κ3) is 1.55. The monoisotopic (exact) mass is 288 g/mol. The van der Waals surface area contributed by atoms with Gasteiger partial charge in [-0.05, 0) is 35.7 Å². The van der Waals surface area contributed by atoms with E-state index in [0.29, 0.717) is 0 Å². The van der Waals surface area contributed by atoms with Gasteiger partial charge < -0.3 is 5.73 Å². The molecule has 2 N–H and O–H groups in total. The third-order valence-electron chi connectivity index (χ3n) is 2.76. The fourth-order valence-electron chi connectivity index (χ4n) is 1.92. The van der Waals surface area contributed by atoms with Crippen LogP contribution in [-0.4, -0.2) is 4.98 Å². The summed E-state index contributed by atoms with van der Waals surface area (Å²) in [6.07, 6.45) is 0. The Morgan fingerprint density at radius 1 is 0.944 bits per heavy atom. The Hall–Kier alpha value is -1.43. The van der Waals surface area contributed by atoms with Gasteiger partial charge in [0, 0.05) is 15.1 Å². The van der Waals surface area contributed by atoms with Crippen molar-refractivity contribution in [1.82, 2.24) is 4.98 Å². The van der Waals surface area contributed by atoms with Crippen LogP contribution in [-0.2, 0) is 0 Å². The van der Waals surface area contributed by atoms with E-state index in [1.165, 1.54) is 14.3 Å². The van der Waals surface area contributed by atoms with Crippen molar-refractivity contribution in [3.05, 3.63) is 35.7 Å². The van der Waals surface area contributed by atoms with Gasteiger partial charge in [0.1, 0.15) is 5.01 Å². The molecule has 18 heavy (non-hydrogen) atoms. The second-order valence-electron chi connectivity index (χ2n) is 4.01. The zero-order chi connectivity index (χ0) is 12.1. The highest BCUT2D eigenvalue weighted by atomic mass is 32.1. The van der Waals surface area contributed by atoms with E-state index in [2.05, 4.69) is 22.5 Å². The molecule has 0 aliphatic carbocycles. The first kappa shape index (κ1) is 10.5. The fraction of sp³-hybridized carbons (Fsp3) is 0. The zero-order valence-corrected chi connectivity index (χ0v) is 11.7. The predicted octanol–water partition coefficient (Wildman–Crippen LogP) is 4.82. The van der Waals surface area contributed by atoms with Crippen molar-refractivity contribution in [2.75, 3.05) is 5.73 Å². The minimum Gasteiger partial charge on any atom is -0.399 e. The molecule has 0 bridgehead atoms. The van der Waals surface area contributed by atoms with Crippen LogP contribution < -0.4 is 5.73 Å². The third-order valence-corrected chi connectivity index (χ3v) is 6.04. The van der Waals surface area contributed by atoms with Gasteiger partial charge in [-0.1, -0.05) is 0 Å². The van der Waals surface area contributed by atoms with Crippen molar-refractivity contribution >= 4 is 59.3 Å². The van der Waals surface area contributed by atoms with Gasteiger partial charge in [-0.25, -0.2) is 4.98 Å². The van der Waals surface area contributed by atoms with E-state index in [-0.39, 0.29) is 0 Å². The van der Waals surface area contributed by atoms with Crippen LogP contribution in [0.15, 0.2) is 35.7 Å². The molecule has 0 fully saturated rings. The Morgan fingerprint density at radius 2 is 1.89 bits per heavy atom. The number of rotatable bonds is 1. The molecule has 4 aromatic rings. The van der Waals surface area contributed by atoms with E-state index < -0.39 is 0 Å². The van der Waals surface area contributed by atoms with Gasteiger partial charge in [-0.15, -0.1) is 34.0 Å². The summed E-state index contributed by atoms with van der Waals surface area (Å²) in [6.45, 7) is 0. The molecule has 2 nitrogen and oxygen atoms in total. The largest absolute Gasteiger partial charge is 0.399 e. The topological polar surface area (TPSA) is 38.9 Å². The molecule has 0 aliphatic rings. The maximum atomic E-state index is 5.80. The van der Waals surface area contributed by atoms with Gasteiger partial charge in [0.25, 0.3) is 0 Å². The Labute approximate surface area is 115 Å². The molecule has 3 heterocycles. The minimum atomic E-state index is 0.796. The number of thiazole rings is 1. The molecule has 3 aromatic heterocycles. The van der Waals surface area contributed by atoms with Crippen molar-refractivity contribution in [3.63, 3.8) is 0 Å². The van der Waals surface area contributed by atoms with Crippen molar-refractivity contribution in [2.24, 2.45) is 0 Å². The molecule has 1 aromatic carbocycles. The zero-order valence-electron chi connectivity index (χ0n) is 9.21. The standard InChI is InChI=1S/C13H8N2S3/c14-7-1-2-8-10(5-7)18-13(15-8)12-6-11-9(17-12)3-4-16-11/h1-6H,14H2. The highest BCUT2D eigenvalue weighted by Crippen LogP contribution is 2.39. The van der Waals surface area contributed by atoms with Gasteiger partial charge in [-0.3, -0.25) is 0 Å². The summed E-state index contributed by atoms with van der Waals surface area (Å²) >= 11 is 5.29. The molecule has 88 valence electrons. The Morgan fingerprint density at radius 3 is 2.78 bits per heavy atom. The summed E-state index contributed by atoms with van der Waals surface area (Å²) in [5, 5.41) is 3.22. The van der Waals surface area contributed by atoms with Crippen LogP contribution in [0.3, 0.4) is 0 Å². The van der Waals surface area contributed by atoms with Crippen molar-refractivity contribution in [2.45, 2.75) is 0 Å². The SMILES string of the molecule is Nc1ccc2nc(-c3cc4sccc4s3)sc2c1. The van der Waals surface area contributed by atoms with Gasteiger partial charge in [0.05, 0.1) is 15.1 Å². The van der Waals surface area contributed by atoms with Gasteiger partial charge in [0.2, 0.25) is 0 Å². The number of benzene rings is 1. The Bertz CT molecular complexity index is 825. The first-order valence-electron chi connectivity index (χ1n) is 5.43. The summed E-state index contributed by atoms with van der Waals surface area (Å²) in [5.74, 6) is 0. The second kappa shape index (κ2) is 3.78. The first-order chi connectivity index (χ1) is 8.79. The number of nitrogens with two attached hydrogens (primary N) is 1. The second-order valence-corrected chi connectivity index (χ2v) is 7.07.